The molecule has 0 aromatic heterocycles. The minimum atomic E-state index is 0.500. The molecule has 49 heavy (non-hydrogen) atoms. The molecule has 0 heterocycles. The van der Waals surface area contributed by atoms with Gasteiger partial charge in [-0.1, -0.05) is 283 Å². The summed E-state index contributed by atoms with van der Waals surface area (Å²) in [6.45, 7) is 56.4. The second kappa shape index (κ2) is 66.3. The van der Waals surface area contributed by atoms with E-state index in [-0.39, 0.29) is 0 Å². The molecule has 0 amide bonds. The molecule has 0 aromatic rings. The summed E-state index contributed by atoms with van der Waals surface area (Å²) in [4.78, 5) is 0. The van der Waals surface area contributed by atoms with E-state index in [1.165, 1.54) is 103 Å². The van der Waals surface area contributed by atoms with E-state index in [1.807, 2.05) is 27.7 Å². The summed E-state index contributed by atoms with van der Waals surface area (Å²) in [5, 5.41) is 0. The fourth-order valence-corrected chi connectivity index (χ4v) is 1.66. The van der Waals surface area contributed by atoms with E-state index in [2.05, 4.69) is 152 Å². The highest BCUT2D eigenvalue weighted by Crippen LogP contribution is 2.31. The van der Waals surface area contributed by atoms with Crippen LogP contribution in [0.2, 0.25) is 0 Å². The number of hydrogen-bond donors (Lipinski definition) is 0. The first-order valence-corrected chi connectivity index (χ1v) is 22.7. The molecule has 0 unspecified atom stereocenters. The maximum absolute atomic E-state index is 2.31. The van der Waals surface area contributed by atoms with Gasteiger partial charge in [0.25, 0.3) is 0 Å². The Morgan fingerprint density at radius 2 is 0.673 bits per heavy atom. The molecule has 3 saturated carbocycles. The highest BCUT2D eigenvalue weighted by Gasteiger charge is 2.17. The van der Waals surface area contributed by atoms with Crippen molar-refractivity contribution < 1.29 is 0 Å². The fourth-order valence-electron chi connectivity index (χ4n) is 1.66. The van der Waals surface area contributed by atoms with Crippen LogP contribution in [-0.4, -0.2) is 0 Å². The van der Waals surface area contributed by atoms with Gasteiger partial charge < -0.3 is 0 Å². The molecule has 3 aliphatic rings. The highest BCUT2D eigenvalue weighted by atomic mass is 14.2. The predicted molar refractivity (Wildman–Crippen MR) is 245 cm³/mol. The predicted octanol–water partition coefficient (Wildman–Crippen LogP) is 20.3. The lowest BCUT2D eigenvalue weighted by molar-refractivity contribution is 0.346. The van der Waals surface area contributed by atoms with Gasteiger partial charge in [-0.3, -0.25) is 0 Å². The van der Waals surface area contributed by atoms with Crippen LogP contribution in [-0.2, 0) is 0 Å². The van der Waals surface area contributed by atoms with Crippen molar-refractivity contribution in [3.05, 3.63) is 0 Å². The van der Waals surface area contributed by atoms with Crippen LogP contribution >= 0.6 is 0 Å². The average Bonchev–Trinajstić information content (AvgIpc) is 3.97. The average molecular weight is 705 g/mol. The zero-order chi connectivity index (χ0) is 41.3. The molecule has 0 N–H and O–H groups in total. The van der Waals surface area contributed by atoms with Crippen LogP contribution in [0.15, 0.2) is 0 Å². The Bertz CT molecular complexity index is 369. The minimum absolute atomic E-state index is 0.500. The summed E-state index contributed by atoms with van der Waals surface area (Å²) in [5.41, 5.74) is 0.500. The van der Waals surface area contributed by atoms with E-state index in [4.69, 9.17) is 0 Å². The van der Waals surface area contributed by atoms with E-state index in [0.717, 1.165) is 35.5 Å². The molecule has 3 aliphatic carbocycles. The van der Waals surface area contributed by atoms with Crippen LogP contribution in [0.5, 0.6) is 0 Å². The van der Waals surface area contributed by atoms with Crippen molar-refractivity contribution in [2.75, 3.05) is 0 Å². The summed E-state index contributed by atoms with van der Waals surface area (Å²) in [6.07, 6.45) is 22.4. The molecule has 0 bridgehead atoms. The second-order valence-electron chi connectivity index (χ2n) is 17.0. The van der Waals surface area contributed by atoms with Crippen LogP contribution in [0.25, 0.3) is 0 Å². The SMILES string of the molecule is CC.CC.CC(C)(C)C.CC(C)C.CC1CC1.CC1CCC1.CCC.CCC(C)C.CCC(C)C.CCC1CC1.CCCC.CCCCC. The Labute approximate surface area is 322 Å². The lowest BCUT2D eigenvalue weighted by Crippen LogP contribution is -2.04. The van der Waals surface area contributed by atoms with E-state index in [1.54, 1.807) is 0 Å². The Kier molecular flexibility index (Phi) is 95.4. The van der Waals surface area contributed by atoms with Crippen molar-refractivity contribution in [3.63, 3.8) is 0 Å². The molecule has 0 saturated heterocycles. The summed E-state index contributed by atoms with van der Waals surface area (Å²) >= 11 is 0. The Balaban J connectivity index is -0.0000000514. The molecule has 0 heteroatoms. The van der Waals surface area contributed by atoms with E-state index >= 15 is 0 Å². The van der Waals surface area contributed by atoms with Gasteiger partial charge in [-0.25, -0.2) is 0 Å². The van der Waals surface area contributed by atoms with Crippen molar-refractivity contribution in [2.24, 2.45) is 40.9 Å². The molecular weight excluding hydrogens is 589 g/mol. The quantitative estimate of drug-likeness (QED) is 0.258. The first kappa shape index (κ1) is 70.6. The molecular formula is C49H116. The van der Waals surface area contributed by atoms with Gasteiger partial charge in [-0.15, -0.1) is 0 Å². The summed E-state index contributed by atoms with van der Waals surface area (Å²) in [7, 11) is 0. The van der Waals surface area contributed by atoms with E-state index in [0.29, 0.717) is 5.41 Å². The molecule has 312 valence electrons. The third-order valence-corrected chi connectivity index (χ3v) is 6.37. The molecule has 0 atom stereocenters. The first-order chi connectivity index (χ1) is 22.7. The van der Waals surface area contributed by atoms with E-state index in [9.17, 15) is 0 Å². The molecule has 0 radical (unpaired) electrons. The van der Waals surface area contributed by atoms with E-state index < -0.39 is 0 Å². The monoisotopic (exact) mass is 705 g/mol. The summed E-state index contributed by atoms with van der Waals surface area (Å²) in [6, 6.07) is 0. The lowest BCUT2D eigenvalue weighted by Gasteiger charge is -2.18. The molecule has 0 aromatic carbocycles. The second-order valence-corrected chi connectivity index (χ2v) is 17.0. The normalized spacial score (nSPS) is 13.2. The third-order valence-electron chi connectivity index (χ3n) is 6.37. The van der Waals surface area contributed by atoms with Gasteiger partial charge in [0.1, 0.15) is 0 Å². The molecule has 3 fully saturated rings. The van der Waals surface area contributed by atoms with Crippen molar-refractivity contribution in [1.29, 1.82) is 0 Å². The zero-order valence-corrected chi connectivity index (χ0v) is 41.3. The van der Waals surface area contributed by atoms with Crippen molar-refractivity contribution in [2.45, 2.75) is 283 Å². The van der Waals surface area contributed by atoms with Gasteiger partial charge in [0.05, 0.1) is 0 Å². The van der Waals surface area contributed by atoms with Gasteiger partial charge in [-0.2, -0.15) is 0 Å². The molecule has 0 nitrogen and oxygen atoms in total. The third kappa shape index (κ3) is 230. The molecule has 3 rings (SSSR count). The van der Waals surface area contributed by atoms with Crippen LogP contribution < -0.4 is 0 Å². The Morgan fingerprint density at radius 3 is 0.673 bits per heavy atom. The van der Waals surface area contributed by atoms with Gasteiger partial charge >= 0.3 is 0 Å². The Morgan fingerprint density at radius 1 is 0.469 bits per heavy atom. The topological polar surface area (TPSA) is 0 Å². The first-order valence-electron chi connectivity index (χ1n) is 22.7. The van der Waals surface area contributed by atoms with Gasteiger partial charge in [0.15, 0.2) is 0 Å². The minimum Gasteiger partial charge on any atom is -0.0683 e. The highest BCUT2D eigenvalue weighted by molar-refractivity contribution is 4.69. The van der Waals surface area contributed by atoms with Crippen molar-refractivity contribution in [1.82, 2.24) is 0 Å². The van der Waals surface area contributed by atoms with Gasteiger partial charge in [-0.05, 0) is 40.9 Å². The van der Waals surface area contributed by atoms with Crippen LogP contribution in [0.3, 0.4) is 0 Å². The summed E-state index contributed by atoms with van der Waals surface area (Å²) < 4.78 is 0. The molecule has 0 spiro atoms. The van der Waals surface area contributed by atoms with Crippen molar-refractivity contribution in [3.8, 4) is 0 Å². The van der Waals surface area contributed by atoms with Gasteiger partial charge in [0.2, 0.25) is 0 Å². The van der Waals surface area contributed by atoms with Gasteiger partial charge in [0, 0.05) is 0 Å². The Hall–Kier alpha value is 0. The zero-order valence-electron chi connectivity index (χ0n) is 41.3. The van der Waals surface area contributed by atoms with Crippen LogP contribution in [0.4, 0.5) is 0 Å². The van der Waals surface area contributed by atoms with Crippen LogP contribution in [0.1, 0.15) is 283 Å². The largest absolute Gasteiger partial charge is 0.0683 e. The number of rotatable bonds is 6. The standard InChI is InChI=1S/2C5H10.4C5H12.C4H8.2C4H10.C3H8.2C2H6/c1-5-3-2-4-5;1-2-5-3-4-5;1-5(2,3)4;2*1-4-5(2)3;1-3-5-4-2;1-4-2-3-4;1-4(2)3;1-3-4-2;1-3-2;2*1-2/h2*5H,2-4H2,1H3;1-4H3;2*5H,4H2,1-3H3;3-5H2,1-2H3;4H,2-3H2,1H3;4H,1-3H3;3-4H2,1-2H3;3H2,1-2H3;2*1-2H3. The lowest BCUT2D eigenvalue weighted by atomic mass is 9.88. The number of hydrogen-bond acceptors (Lipinski definition) is 0. The number of unbranched alkanes of at least 4 members (excludes halogenated alkanes) is 3. The maximum Gasteiger partial charge on any atom is -0.0411 e. The maximum atomic E-state index is 2.31. The van der Waals surface area contributed by atoms with Crippen LogP contribution in [0, 0.1) is 40.9 Å². The van der Waals surface area contributed by atoms with Crippen molar-refractivity contribution >= 4 is 0 Å². The summed E-state index contributed by atoms with van der Waals surface area (Å²) in [5.74, 6) is 5.88. The smallest absolute Gasteiger partial charge is 0.0411 e. The molecule has 0 aliphatic heterocycles. The fraction of sp³-hybridized carbons (Fsp3) is 1.00.